The molecular weight excluding hydrogens is 200 g/mol. The molecule has 2 nitrogen and oxygen atoms in total. The predicted molar refractivity (Wildman–Crippen MR) is 54.7 cm³/mol. The summed E-state index contributed by atoms with van der Waals surface area (Å²) in [5.41, 5.74) is 0.465. The fraction of sp³-hybridized carbons (Fsp3) is 0.455. The van der Waals surface area contributed by atoms with Gasteiger partial charge >= 0.3 is 0 Å². The molecule has 1 atom stereocenters. The van der Waals surface area contributed by atoms with Crippen molar-refractivity contribution in [2.24, 2.45) is 0 Å². The zero-order chi connectivity index (χ0) is 11.3. The van der Waals surface area contributed by atoms with E-state index in [1.165, 1.54) is 12.1 Å². The third-order valence-electron chi connectivity index (χ3n) is 2.19. The Morgan fingerprint density at radius 3 is 2.73 bits per heavy atom. The number of hydrogen-bond donors (Lipinski definition) is 1. The number of benzene rings is 1. The number of rotatable bonds is 5. The van der Waals surface area contributed by atoms with E-state index in [1.54, 1.807) is 7.11 Å². The lowest BCUT2D eigenvalue weighted by atomic mass is 10.1. The Kier molecular flexibility index (Phi) is 4.65. The molecule has 0 saturated carbocycles. The van der Waals surface area contributed by atoms with Gasteiger partial charge in [0.05, 0.1) is 6.61 Å². The summed E-state index contributed by atoms with van der Waals surface area (Å²) in [6.07, 6.45) is 0. The Hall–Kier alpha value is -1.00. The Balaban J connectivity index is 2.61. The van der Waals surface area contributed by atoms with Crippen LogP contribution < -0.4 is 5.32 Å². The summed E-state index contributed by atoms with van der Waals surface area (Å²) in [4.78, 5) is 0. The van der Waals surface area contributed by atoms with Crippen LogP contribution in [0.15, 0.2) is 18.2 Å². The van der Waals surface area contributed by atoms with Crippen LogP contribution in [0.2, 0.25) is 0 Å². The van der Waals surface area contributed by atoms with E-state index >= 15 is 0 Å². The van der Waals surface area contributed by atoms with Gasteiger partial charge in [-0.15, -0.1) is 0 Å². The Morgan fingerprint density at radius 1 is 1.40 bits per heavy atom. The average molecular weight is 215 g/mol. The van der Waals surface area contributed by atoms with Gasteiger partial charge < -0.3 is 10.1 Å². The maximum absolute atomic E-state index is 13.3. The Labute approximate surface area is 88.3 Å². The Bertz CT molecular complexity index is 317. The van der Waals surface area contributed by atoms with Crippen molar-refractivity contribution in [1.29, 1.82) is 0 Å². The van der Waals surface area contributed by atoms with Gasteiger partial charge in [-0.25, -0.2) is 8.78 Å². The van der Waals surface area contributed by atoms with Crippen LogP contribution in [0.25, 0.3) is 0 Å². The van der Waals surface area contributed by atoms with Gasteiger partial charge in [-0.2, -0.15) is 0 Å². The van der Waals surface area contributed by atoms with Gasteiger partial charge in [0, 0.05) is 31.3 Å². The van der Waals surface area contributed by atoms with Crippen LogP contribution in [0.3, 0.4) is 0 Å². The van der Waals surface area contributed by atoms with Crippen LogP contribution in [0, 0.1) is 11.6 Å². The van der Waals surface area contributed by atoms with Crippen molar-refractivity contribution in [3.8, 4) is 0 Å². The van der Waals surface area contributed by atoms with E-state index in [1.807, 2.05) is 6.92 Å². The van der Waals surface area contributed by atoms with Crippen LogP contribution >= 0.6 is 0 Å². The van der Waals surface area contributed by atoms with E-state index in [2.05, 4.69) is 5.32 Å². The van der Waals surface area contributed by atoms with Crippen molar-refractivity contribution in [1.82, 2.24) is 5.32 Å². The van der Waals surface area contributed by atoms with E-state index in [0.29, 0.717) is 18.7 Å². The SMILES string of the molecule is COCCN[C@@H](C)c1ccc(F)cc1F. The van der Waals surface area contributed by atoms with Gasteiger partial charge in [-0.1, -0.05) is 6.07 Å². The summed E-state index contributed by atoms with van der Waals surface area (Å²) in [6.45, 7) is 3.02. The number of ether oxygens (including phenoxy) is 1. The van der Waals surface area contributed by atoms with Crippen molar-refractivity contribution in [3.05, 3.63) is 35.4 Å². The quantitative estimate of drug-likeness (QED) is 0.761. The highest BCUT2D eigenvalue weighted by molar-refractivity contribution is 5.21. The highest BCUT2D eigenvalue weighted by Crippen LogP contribution is 2.17. The second kappa shape index (κ2) is 5.78. The molecule has 0 aromatic heterocycles. The molecule has 0 aliphatic carbocycles. The summed E-state index contributed by atoms with van der Waals surface area (Å²) in [5.74, 6) is -1.08. The van der Waals surface area contributed by atoms with Gasteiger partial charge in [-0.05, 0) is 13.0 Å². The second-order valence-corrected chi connectivity index (χ2v) is 3.33. The lowest BCUT2D eigenvalue weighted by Crippen LogP contribution is -2.23. The summed E-state index contributed by atoms with van der Waals surface area (Å²) in [6, 6.07) is 3.45. The summed E-state index contributed by atoms with van der Waals surface area (Å²) < 4.78 is 30.8. The summed E-state index contributed by atoms with van der Waals surface area (Å²) >= 11 is 0. The first kappa shape index (κ1) is 12.1. The van der Waals surface area contributed by atoms with Gasteiger partial charge in [0.1, 0.15) is 11.6 Å². The molecule has 0 unspecified atom stereocenters. The maximum Gasteiger partial charge on any atom is 0.130 e. The molecule has 1 N–H and O–H groups in total. The molecule has 0 bridgehead atoms. The third kappa shape index (κ3) is 3.57. The zero-order valence-corrected chi connectivity index (χ0v) is 8.89. The maximum atomic E-state index is 13.3. The zero-order valence-electron chi connectivity index (χ0n) is 8.89. The van der Waals surface area contributed by atoms with Crippen LogP contribution in [0.1, 0.15) is 18.5 Å². The standard InChI is InChI=1S/C11H15F2NO/c1-8(14-5-6-15-2)10-4-3-9(12)7-11(10)13/h3-4,7-8,14H,5-6H2,1-2H3/t8-/m0/s1. The Morgan fingerprint density at radius 2 is 2.13 bits per heavy atom. The molecular formula is C11H15F2NO. The van der Waals surface area contributed by atoms with Crippen LogP contribution in [-0.4, -0.2) is 20.3 Å². The normalized spacial score (nSPS) is 12.8. The molecule has 84 valence electrons. The van der Waals surface area contributed by atoms with Gasteiger partial charge in [0.15, 0.2) is 0 Å². The largest absolute Gasteiger partial charge is 0.383 e. The minimum atomic E-state index is -0.555. The van der Waals surface area contributed by atoms with Crippen LogP contribution in [0.5, 0.6) is 0 Å². The molecule has 0 heterocycles. The first-order chi connectivity index (χ1) is 7.15. The highest BCUT2D eigenvalue weighted by Gasteiger charge is 2.10. The molecule has 0 fully saturated rings. The fourth-order valence-corrected chi connectivity index (χ4v) is 1.34. The molecule has 0 amide bonds. The lowest BCUT2D eigenvalue weighted by molar-refractivity contribution is 0.196. The predicted octanol–water partition coefficient (Wildman–Crippen LogP) is 2.26. The fourth-order valence-electron chi connectivity index (χ4n) is 1.34. The van der Waals surface area contributed by atoms with E-state index in [9.17, 15) is 8.78 Å². The summed E-state index contributed by atoms with van der Waals surface area (Å²) in [7, 11) is 1.60. The van der Waals surface area contributed by atoms with Crippen molar-refractivity contribution in [2.75, 3.05) is 20.3 Å². The molecule has 15 heavy (non-hydrogen) atoms. The topological polar surface area (TPSA) is 21.3 Å². The molecule has 0 aliphatic heterocycles. The van der Waals surface area contributed by atoms with Crippen LogP contribution in [-0.2, 0) is 4.74 Å². The van der Waals surface area contributed by atoms with E-state index in [0.717, 1.165) is 6.07 Å². The minimum Gasteiger partial charge on any atom is -0.383 e. The van der Waals surface area contributed by atoms with Crippen molar-refractivity contribution < 1.29 is 13.5 Å². The molecule has 1 aromatic rings. The average Bonchev–Trinajstić information content (AvgIpc) is 2.17. The molecule has 4 heteroatoms. The van der Waals surface area contributed by atoms with Crippen molar-refractivity contribution in [3.63, 3.8) is 0 Å². The number of halogens is 2. The number of nitrogens with one attached hydrogen (secondary N) is 1. The first-order valence-electron chi connectivity index (χ1n) is 4.82. The molecule has 0 saturated heterocycles. The molecule has 1 aromatic carbocycles. The van der Waals surface area contributed by atoms with Crippen molar-refractivity contribution >= 4 is 0 Å². The van der Waals surface area contributed by atoms with E-state index < -0.39 is 11.6 Å². The lowest BCUT2D eigenvalue weighted by Gasteiger charge is -2.14. The minimum absolute atomic E-state index is 0.152. The molecule has 0 radical (unpaired) electrons. The first-order valence-corrected chi connectivity index (χ1v) is 4.82. The van der Waals surface area contributed by atoms with Gasteiger partial charge in [0.2, 0.25) is 0 Å². The number of methoxy groups -OCH3 is 1. The second-order valence-electron chi connectivity index (χ2n) is 3.33. The smallest absolute Gasteiger partial charge is 0.130 e. The van der Waals surface area contributed by atoms with Gasteiger partial charge in [0.25, 0.3) is 0 Å². The molecule has 0 aliphatic rings. The summed E-state index contributed by atoms with van der Waals surface area (Å²) in [5, 5.41) is 3.07. The van der Waals surface area contributed by atoms with Crippen molar-refractivity contribution in [2.45, 2.75) is 13.0 Å². The van der Waals surface area contributed by atoms with Gasteiger partial charge in [-0.3, -0.25) is 0 Å². The monoisotopic (exact) mass is 215 g/mol. The van der Waals surface area contributed by atoms with E-state index in [4.69, 9.17) is 4.74 Å². The van der Waals surface area contributed by atoms with E-state index in [-0.39, 0.29) is 6.04 Å². The number of hydrogen-bond acceptors (Lipinski definition) is 2. The molecule has 0 spiro atoms. The van der Waals surface area contributed by atoms with Crippen LogP contribution in [0.4, 0.5) is 8.78 Å². The third-order valence-corrected chi connectivity index (χ3v) is 2.19. The molecule has 1 rings (SSSR count). The highest BCUT2D eigenvalue weighted by atomic mass is 19.1.